The lowest BCUT2D eigenvalue weighted by Crippen LogP contribution is -2.21. The molecular weight excluding hydrogens is 472 g/mol. The molecule has 0 aromatic rings. The summed E-state index contributed by atoms with van der Waals surface area (Å²) < 4.78 is 5.55. The van der Waals surface area contributed by atoms with E-state index in [0.717, 1.165) is 32.1 Å². The lowest BCUT2D eigenvalue weighted by Gasteiger charge is -2.16. The minimum absolute atomic E-state index is 0.0725. The number of carbonyl (C=O) groups excluding carboxylic acids is 1. The van der Waals surface area contributed by atoms with Crippen molar-refractivity contribution in [2.45, 2.75) is 193 Å². The van der Waals surface area contributed by atoms with E-state index in [-0.39, 0.29) is 12.4 Å². The van der Waals surface area contributed by atoms with E-state index in [0.29, 0.717) is 12.8 Å². The molecule has 0 fully saturated rings. The molecule has 0 spiro atoms. The smallest absolute Gasteiger partial charge is 0.307 e. The number of hydrogen-bond acceptors (Lipinski definition) is 3. The second-order valence-electron chi connectivity index (χ2n) is 11.4. The Morgan fingerprint density at radius 3 is 1.45 bits per heavy atom. The fraction of sp³-hybridized carbons (Fsp3) is 0.882. The summed E-state index contributed by atoms with van der Waals surface area (Å²) in [6, 6.07) is 0. The van der Waals surface area contributed by atoms with Gasteiger partial charge < -0.3 is 9.84 Å². The predicted molar refractivity (Wildman–Crippen MR) is 163 cm³/mol. The molecule has 224 valence electrons. The molecule has 0 heterocycles. The van der Waals surface area contributed by atoms with Gasteiger partial charge in [-0.15, -0.1) is 0 Å². The van der Waals surface area contributed by atoms with Crippen molar-refractivity contribution in [3.05, 3.63) is 12.2 Å². The summed E-state index contributed by atoms with van der Waals surface area (Å²) in [5.41, 5.74) is 0. The summed E-state index contributed by atoms with van der Waals surface area (Å²) in [5, 5.41) is 9.20. The van der Waals surface area contributed by atoms with Gasteiger partial charge in [-0.05, 0) is 44.9 Å². The molecule has 1 unspecified atom stereocenters. The first-order valence-corrected chi connectivity index (χ1v) is 16.7. The van der Waals surface area contributed by atoms with Crippen molar-refractivity contribution in [3.8, 4) is 0 Å². The van der Waals surface area contributed by atoms with E-state index in [4.69, 9.17) is 4.74 Å². The summed E-state index contributed by atoms with van der Waals surface area (Å²) in [4.78, 5) is 23.5. The largest absolute Gasteiger partial charge is 0.481 e. The molecule has 4 nitrogen and oxygen atoms in total. The van der Waals surface area contributed by atoms with Gasteiger partial charge in [0.1, 0.15) is 6.10 Å². The molecule has 0 aliphatic heterocycles. The number of rotatable bonds is 30. The van der Waals surface area contributed by atoms with Crippen LogP contribution < -0.4 is 0 Å². The number of hydrogen-bond donors (Lipinski definition) is 1. The fourth-order valence-corrected chi connectivity index (χ4v) is 5.02. The second kappa shape index (κ2) is 30.2. The molecule has 0 saturated carbocycles. The first kappa shape index (κ1) is 36.7. The van der Waals surface area contributed by atoms with E-state index in [1.807, 2.05) is 0 Å². The van der Waals surface area contributed by atoms with Crippen molar-refractivity contribution >= 4 is 11.9 Å². The van der Waals surface area contributed by atoms with Crippen LogP contribution in [0, 0.1) is 0 Å². The average Bonchev–Trinajstić information content (AvgIpc) is 2.89. The summed E-state index contributed by atoms with van der Waals surface area (Å²) >= 11 is 0. The zero-order valence-corrected chi connectivity index (χ0v) is 25.5. The normalized spacial score (nSPS) is 12.3. The first-order valence-electron chi connectivity index (χ1n) is 16.7. The third-order valence-corrected chi connectivity index (χ3v) is 7.47. The number of carbonyl (C=O) groups is 2. The van der Waals surface area contributed by atoms with Gasteiger partial charge in [0.25, 0.3) is 0 Å². The van der Waals surface area contributed by atoms with Crippen molar-refractivity contribution in [1.29, 1.82) is 0 Å². The average molecular weight is 537 g/mol. The minimum Gasteiger partial charge on any atom is -0.481 e. The van der Waals surface area contributed by atoms with E-state index < -0.39 is 12.1 Å². The van der Waals surface area contributed by atoms with Crippen LogP contribution >= 0.6 is 0 Å². The van der Waals surface area contributed by atoms with Crippen LogP contribution in [-0.4, -0.2) is 23.1 Å². The molecule has 38 heavy (non-hydrogen) atoms. The molecule has 4 heteroatoms. The second-order valence-corrected chi connectivity index (χ2v) is 11.4. The van der Waals surface area contributed by atoms with Gasteiger partial charge in [0, 0.05) is 6.42 Å². The van der Waals surface area contributed by atoms with Gasteiger partial charge in [-0.2, -0.15) is 0 Å². The molecule has 0 radical (unpaired) electrons. The van der Waals surface area contributed by atoms with E-state index in [2.05, 4.69) is 26.0 Å². The molecule has 0 aromatic heterocycles. The van der Waals surface area contributed by atoms with Crippen molar-refractivity contribution in [2.24, 2.45) is 0 Å². The Morgan fingerprint density at radius 2 is 0.974 bits per heavy atom. The molecule has 0 rings (SSSR count). The predicted octanol–water partition coefficient (Wildman–Crippen LogP) is 11.1. The number of unbranched alkanes of at least 4 members (excludes halogenated alkanes) is 21. The Balaban J connectivity index is 3.69. The highest BCUT2D eigenvalue weighted by Gasteiger charge is 2.17. The molecule has 1 atom stereocenters. The maximum Gasteiger partial charge on any atom is 0.307 e. The number of allylic oxidation sites excluding steroid dienone is 2. The topological polar surface area (TPSA) is 63.6 Å². The lowest BCUT2D eigenvalue weighted by atomic mass is 10.0. The standard InChI is InChI=1S/C34H64O4/c1-3-5-7-9-11-13-15-17-18-20-22-24-26-28-30-34(37)38-32(31-33(35)36)29-27-25-23-21-19-16-14-12-10-8-6-4-2/h13,15,32H,3-12,14,16-31H2,1-2H3,(H,35,36)/b15-13-. The molecule has 0 aromatic carbocycles. The molecule has 0 aliphatic rings. The zero-order valence-electron chi connectivity index (χ0n) is 25.5. The van der Waals surface area contributed by atoms with Gasteiger partial charge in [-0.3, -0.25) is 9.59 Å². The van der Waals surface area contributed by atoms with Gasteiger partial charge in [0.05, 0.1) is 6.42 Å². The van der Waals surface area contributed by atoms with Gasteiger partial charge >= 0.3 is 11.9 Å². The quantitative estimate of drug-likeness (QED) is 0.0563. The molecule has 0 amide bonds. The van der Waals surface area contributed by atoms with Gasteiger partial charge in [-0.1, -0.05) is 142 Å². The highest BCUT2D eigenvalue weighted by Crippen LogP contribution is 2.16. The van der Waals surface area contributed by atoms with Crippen molar-refractivity contribution in [3.63, 3.8) is 0 Å². The highest BCUT2D eigenvalue weighted by molar-refractivity contribution is 5.71. The van der Waals surface area contributed by atoms with Gasteiger partial charge in [-0.25, -0.2) is 0 Å². The van der Waals surface area contributed by atoms with Crippen LogP contribution in [0.1, 0.15) is 187 Å². The van der Waals surface area contributed by atoms with Crippen LogP contribution in [0.5, 0.6) is 0 Å². The highest BCUT2D eigenvalue weighted by atomic mass is 16.5. The first-order chi connectivity index (χ1) is 18.6. The molecule has 0 saturated heterocycles. The molecule has 0 aliphatic carbocycles. The third-order valence-electron chi connectivity index (χ3n) is 7.47. The maximum atomic E-state index is 12.2. The zero-order chi connectivity index (χ0) is 27.9. The monoisotopic (exact) mass is 536 g/mol. The van der Waals surface area contributed by atoms with Gasteiger partial charge in [0.2, 0.25) is 0 Å². The summed E-state index contributed by atoms with van der Waals surface area (Å²) in [7, 11) is 0. The Labute approximate surface area is 236 Å². The summed E-state index contributed by atoms with van der Waals surface area (Å²) in [5.74, 6) is -1.10. The fourth-order valence-electron chi connectivity index (χ4n) is 5.02. The maximum absolute atomic E-state index is 12.2. The number of ether oxygens (including phenoxy) is 1. The van der Waals surface area contributed by atoms with E-state index in [1.54, 1.807) is 0 Å². The SMILES string of the molecule is CCCCCC/C=C\CCCCCCCCC(=O)OC(CCCCCCCCCCCCCC)CC(=O)O. The summed E-state index contributed by atoms with van der Waals surface area (Å²) in [6.07, 6.45) is 35.1. The van der Waals surface area contributed by atoms with Gasteiger partial charge in [0.15, 0.2) is 0 Å². The molecular formula is C34H64O4. The van der Waals surface area contributed by atoms with Crippen LogP contribution in [0.4, 0.5) is 0 Å². The Bertz CT molecular complexity index is 543. The van der Waals surface area contributed by atoms with Crippen LogP contribution in [0.25, 0.3) is 0 Å². The van der Waals surface area contributed by atoms with Crippen LogP contribution in [0.2, 0.25) is 0 Å². The van der Waals surface area contributed by atoms with Crippen molar-refractivity contribution in [2.75, 3.05) is 0 Å². The Kier molecular flexibility index (Phi) is 29.2. The van der Waals surface area contributed by atoms with Crippen molar-refractivity contribution in [1.82, 2.24) is 0 Å². The number of carboxylic acid groups (broad SMARTS) is 1. The van der Waals surface area contributed by atoms with Crippen LogP contribution in [0.3, 0.4) is 0 Å². The Morgan fingerprint density at radius 1 is 0.579 bits per heavy atom. The van der Waals surface area contributed by atoms with Crippen molar-refractivity contribution < 1.29 is 19.4 Å². The minimum atomic E-state index is -0.881. The van der Waals surface area contributed by atoms with E-state index in [1.165, 1.54) is 122 Å². The van der Waals surface area contributed by atoms with Crippen LogP contribution in [0.15, 0.2) is 12.2 Å². The number of carboxylic acids is 1. The van der Waals surface area contributed by atoms with Crippen LogP contribution in [-0.2, 0) is 14.3 Å². The Hall–Kier alpha value is -1.32. The lowest BCUT2D eigenvalue weighted by molar-refractivity contribution is -0.153. The number of esters is 1. The summed E-state index contributed by atoms with van der Waals surface area (Å²) in [6.45, 7) is 4.51. The number of aliphatic carboxylic acids is 1. The van der Waals surface area contributed by atoms with E-state index in [9.17, 15) is 14.7 Å². The van der Waals surface area contributed by atoms with E-state index >= 15 is 0 Å². The third kappa shape index (κ3) is 29.2. The molecule has 0 bridgehead atoms. The molecule has 1 N–H and O–H groups in total.